The Labute approximate surface area is 158 Å². The topological polar surface area (TPSA) is 74.3 Å². The fourth-order valence-corrected chi connectivity index (χ4v) is 3.19. The molecular weight excluding hydrogens is 348 g/mol. The summed E-state index contributed by atoms with van der Waals surface area (Å²) in [5, 5.41) is 8.57. The average molecular weight is 375 g/mol. The first-order valence-electron chi connectivity index (χ1n) is 8.53. The maximum atomic E-state index is 12.3. The Balaban J connectivity index is 1.84. The predicted octanol–water partition coefficient (Wildman–Crippen LogP) is 2.64. The van der Waals surface area contributed by atoms with Crippen LogP contribution in [0.3, 0.4) is 0 Å². The number of aromatic nitrogens is 1. The second kappa shape index (κ2) is 8.91. The van der Waals surface area contributed by atoms with Gasteiger partial charge in [-0.3, -0.25) is 14.5 Å². The van der Waals surface area contributed by atoms with Gasteiger partial charge in [-0.1, -0.05) is 18.2 Å². The summed E-state index contributed by atoms with van der Waals surface area (Å²) in [7, 11) is 1.87. The van der Waals surface area contributed by atoms with Crippen molar-refractivity contribution in [2.75, 3.05) is 18.9 Å². The van der Waals surface area contributed by atoms with Gasteiger partial charge in [-0.15, -0.1) is 11.3 Å². The molecule has 0 radical (unpaired) electrons. The van der Waals surface area contributed by atoms with Gasteiger partial charge in [-0.2, -0.15) is 0 Å². The molecule has 2 N–H and O–H groups in total. The number of amides is 2. The normalized spacial score (nSPS) is 12.1. The van der Waals surface area contributed by atoms with Crippen LogP contribution in [0.4, 0.5) is 5.69 Å². The van der Waals surface area contributed by atoms with E-state index in [9.17, 15) is 9.59 Å². The zero-order valence-electron chi connectivity index (χ0n) is 15.9. The highest BCUT2D eigenvalue weighted by atomic mass is 32.1. The molecule has 1 heterocycles. The van der Waals surface area contributed by atoms with Gasteiger partial charge < -0.3 is 10.6 Å². The summed E-state index contributed by atoms with van der Waals surface area (Å²) in [5.41, 5.74) is 3.74. The Morgan fingerprint density at radius 1 is 1.23 bits per heavy atom. The minimum absolute atomic E-state index is 0.0550. The molecule has 0 fully saturated rings. The fourth-order valence-electron chi connectivity index (χ4n) is 2.58. The molecule has 0 aliphatic rings. The Kier molecular flexibility index (Phi) is 6.88. The van der Waals surface area contributed by atoms with Crippen LogP contribution in [0.25, 0.3) is 0 Å². The summed E-state index contributed by atoms with van der Waals surface area (Å²) < 4.78 is 0. The summed E-state index contributed by atoms with van der Waals surface area (Å²) in [6.45, 7) is 8.20. The van der Waals surface area contributed by atoms with Crippen molar-refractivity contribution in [3.05, 3.63) is 45.4 Å². The highest BCUT2D eigenvalue weighted by Crippen LogP contribution is 2.19. The second-order valence-electron chi connectivity index (χ2n) is 6.48. The number of para-hydroxylation sites is 1. The van der Waals surface area contributed by atoms with E-state index in [-0.39, 0.29) is 24.4 Å². The number of carbonyl (C=O) groups excluding carboxylic acids is 2. The van der Waals surface area contributed by atoms with Crippen molar-refractivity contribution in [2.45, 2.75) is 40.3 Å². The summed E-state index contributed by atoms with van der Waals surface area (Å²) in [4.78, 5) is 30.8. The second-order valence-corrected chi connectivity index (χ2v) is 7.54. The van der Waals surface area contributed by atoms with Crippen LogP contribution in [-0.2, 0) is 16.1 Å². The van der Waals surface area contributed by atoms with E-state index in [0.717, 1.165) is 27.5 Å². The van der Waals surface area contributed by atoms with Crippen molar-refractivity contribution in [1.82, 2.24) is 15.2 Å². The monoisotopic (exact) mass is 374 g/mol. The number of anilines is 1. The molecule has 6 nitrogen and oxygen atoms in total. The standard InChI is InChI=1S/C19H26N4O2S/c1-12-7-6-8-13(2)18(12)22-17(24)9-20-19(25)14(3)23(5)10-16-11-26-15(4)21-16/h6-8,11,14H,9-10H2,1-5H3,(H,20,25)(H,22,24). The molecule has 2 aromatic rings. The van der Waals surface area contributed by atoms with Gasteiger partial charge in [0.1, 0.15) is 0 Å². The summed E-state index contributed by atoms with van der Waals surface area (Å²) >= 11 is 1.59. The van der Waals surface area contributed by atoms with Crippen molar-refractivity contribution in [2.24, 2.45) is 0 Å². The van der Waals surface area contributed by atoms with Crippen LogP contribution in [0.5, 0.6) is 0 Å². The van der Waals surface area contributed by atoms with Gasteiger partial charge in [-0.25, -0.2) is 4.98 Å². The Morgan fingerprint density at radius 2 is 1.88 bits per heavy atom. The Morgan fingerprint density at radius 3 is 2.46 bits per heavy atom. The third kappa shape index (κ3) is 5.37. The lowest BCUT2D eigenvalue weighted by Gasteiger charge is -2.23. The number of aryl methyl sites for hydroxylation is 3. The van der Waals surface area contributed by atoms with Crippen LogP contribution >= 0.6 is 11.3 Å². The number of rotatable bonds is 7. The van der Waals surface area contributed by atoms with Gasteiger partial charge in [0.2, 0.25) is 11.8 Å². The Bertz CT molecular complexity index is 767. The summed E-state index contributed by atoms with van der Waals surface area (Å²) in [6.07, 6.45) is 0. The van der Waals surface area contributed by atoms with Gasteiger partial charge in [0, 0.05) is 17.6 Å². The third-order valence-corrected chi connectivity index (χ3v) is 5.11. The van der Waals surface area contributed by atoms with E-state index in [2.05, 4.69) is 15.6 Å². The van der Waals surface area contributed by atoms with Crippen LogP contribution in [0.2, 0.25) is 0 Å². The van der Waals surface area contributed by atoms with Gasteiger partial charge >= 0.3 is 0 Å². The molecular formula is C19H26N4O2S. The summed E-state index contributed by atoms with van der Waals surface area (Å²) in [6, 6.07) is 5.48. The van der Waals surface area contributed by atoms with E-state index >= 15 is 0 Å². The van der Waals surface area contributed by atoms with Crippen LogP contribution < -0.4 is 10.6 Å². The first kappa shape index (κ1) is 20.1. The van der Waals surface area contributed by atoms with E-state index in [1.54, 1.807) is 11.3 Å². The number of nitrogens with zero attached hydrogens (tertiary/aromatic N) is 2. The first-order chi connectivity index (χ1) is 12.3. The number of thiazole rings is 1. The maximum absolute atomic E-state index is 12.3. The van der Waals surface area contributed by atoms with Crippen molar-refractivity contribution in [3.63, 3.8) is 0 Å². The van der Waals surface area contributed by atoms with E-state index in [1.807, 2.05) is 63.2 Å². The number of hydrogen-bond donors (Lipinski definition) is 2. The molecule has 1 atom stereocenters. The van der Waals surface area contributed by atoms with Crippen LogP contribution in [-0.4, -0.2) is 41.3 Å². The molecule has 0 bridgehead atoms. The number of benzene rings is 1. The van der Waals surface area contributed by atoms with E-state index in [0.29, 0.717) is 6.54 Å². The lowest BCUT2D eigenvalue weighted by atomic mass is 10.1. The third-order valence-electron chi connectivity index (χ3n) is 4.29. The van der Waals surface area contributed by atoms with Crippen molar-refractivity contribution in [1.29, 1.82) is 0 Å². The highest BCUT2D eigenvalue weighted by molar-refractivity contribution is 7.09. The molecule has 140 valence electrons. The van der Waals surface area contributed by atoms with Gasteiger partial charge in [0.05, 0.1) is 23.3 Å². The molecule has 0 aliphatic heterocycles. The average Bonchev–Trinajstić information content (AvgIpc) is 3.00. The molecule has 1 aromatic carbocycles. The minimum Gasteiger partial charge on any atom is -0.346 e. The van der Waals surface area contributed by atoms with Crippen LogP contribution in [0.15, 0.2) is 23.6 Å². The molecule has 26 heavy (non-hydrogen) atoms. The number of nitrogens with one attached hydrogen (secondary N) is 2. The molecule has 0 saturated heterocycles. The molecule has 0 aliphatic carbocycles. The fraction of sp³-hybridized carbons (Fsp3) is 0.421. The van der Waals surface area contributed by atoms with E-state index in [1.165, 1.54) is 0 Å². The van der Waals surface area contributed by atoms with Gasteiger partial charge in [0.25, 0.3) is 0 Å². The molecule has 2 amide bonds. The Hall–Kier alpha value is -2.25. The molecule has 2 rings (SSSR count). The van der Waals surface area contributed by atoms with Gasteiger partial charge in [0.15, 0.2) is 0 Å². The number of likely N-dealkylation sites (N-methyl/N-ethyl adjacent to an activating group) is 1. The quantitative estimate of drug-likeness (QED) is 0.781. The zero-order valence-corrected chi connectivity index (χ0v) is 16.7. The van der Waals surface area contributed by atoms with Crippen molar-refractivity contribution >= 4 is 28.8 Å². The summed E-state index contributed by atoms with van der Waals surface area (Å²) in [5.74, 6) is -0.420. The van der Waals surface area contributed by atoms with Gasteiger partial charge in [-0.05, 0) is 45.9 Å². The first-order valence-corrected chi connectivity index (χ1v) is 9.41. The smallest absolute Gasteiger partial charge is 0.243 e. The molecule has 0 saturated carbocycles. The number of carbonyl (C=O) groups is 2. The largest absolute Gasteiger partial charge is 0.346 e. The molecule has 1 unspecified atom stereocenters. The predicted molar refractivity (Wildman–Crippen MR) is 105 cm³/mol. The van der Waals surface area contributed by atoms with Crippen molar-refractivity contribution < 1.29 is 9.59 Å². The maximum Gasteiger partial charge on any atom is 0.243 e. The van der Waals surface area contributed by atoms with Crippen LogP contribution in [0.1, 0.15) is 28.8 Å². The van der Waals surface area contributed by atoms with Crippen LogP contribution in [0, 0.1) is 20.8 Å². The zero-order chi connectivity index (χ0) is 19.3. The van der Waals surface area contributed by atoms with Crippen molar-refractivity contribution in [3.8, 4) is 0 Å². The molecule has 1 aromatic heterocycles. The minimum atomic E-state index is -0.356. The SMILES string of the molecule is Cc1nc(CN(C)C(C)C(=O)NCC(=O)Nc2c(C)cccc2C)cs1. The lowest BCUT2D eigenvalue weighted by molar-refractivity contribution is -0.127. The lowest BCUT2D eigenvalue weighted by Crippen LogP contribution is -2.45. The molecule has 0 spiro atoms. The number of hydrogen-bond acceptors (Lipinski definition) is 5. The van der Waals surface area contributed by atoms with E-state index < -0.39 is 0 Å². The highest BCUT2D eigenvalue weighted by Gasteiger charge is 2.19. The molecule has 7 heteroatoms. The van der Waals surface area contributed by atoms with E-state index in [4.69, 9.17) is 0 Å².